The van der Waals surface area contributed by atoms with Crippen LogP contribution in [0.5, 0.6) is 0 Å². The maximum atomic E-state index is 11.6. The highest BCUT2D eigenvalue weighted by molar-refractivity contribution is 7.91. The Hall–Kier alpha value is -1.51. The Kier molecular flexibility index (Phi) is 3.92. The minimum Gasteiger partial charge on any atom is -0.339 e. The van der Waals surface area contributed by atoms with E-state index >= 15 is 0 Å². The highest BCUT2D eigenvalue weighted by atomic mass is 32.2. The van der Waals surface area contributed by atoms with Crippen LogP contribution in [0.15, 0.2) is 22.4 Å². The van der Waals surface area contributed by atoms with Crippen LogP contribution in [0.4, 0.5) is 5.13 Å². The lowest BCUT2D eigenvalue weighted by Gasteiger charge is -2.23. The van der Waals surface area contributed by atoms with E-state index in [9.17, 15) is 8.42 Å². The molecule has 1 atom stereocenters. The number of hydrogen-bond acceptors (Lipinski definition) is 6. The molecular weight excluding hydrogens is 320 g/mol. The Morgan fingerprint density at radius 3 is 2.73 bits per heavy atom. The van der Waals surface area contributed by atoms with Gasteiger partial charge in [0.15, 0.2) is 9.34 Å². The van der Waals surface area contributed by atoms with Crippen molar-refractivity contribution in [2.75, 3.05) is 11.4 Å². The van der Waals surface area contributed by atoms with Crippen molar-refractivity contribution in [1.29, 1.82) is 0 Å². The van der Waals surface area contributed by atoms with Crippen molar-refractivity contribution in [2.24, 2.45) is 5.14 Å². The van der Waals surface area contributed by atoms with Crippen molar-refractivity contribution in [3.05, 3.63) is 35.3 Å². The van der Waals surface area contributed by atoms with Gasteiger partial charge in [0.25, 0.3) is 0 Å². The molecule has 1 fully saturated rings. The van der Waals surface area contributed by atoms with Gasteiger partial charge in [-0.05, 0) is 38.8 Å². The van der Waals surface area contributed by atoms with Gasteiger partial charge in [0, 0.05) is 12.2 Å². The zero-order valence-electron chi connectivity index (χ0n) is 12.5. The van der Waals surface area contributed by atoms with E-state index in [2.05, 4.69) is 14.9 Å². The van der Waals surface area contributed by atoms with Crippen LogP contribution in [0, 0.1) is 13.8 Å². The van der Waals surface area contributed by atoms with Crippen LogP contribution < -0.4 is 10.0 Å². The van der Waals surface area contributed by atoms with Gasteiger partial charge in [-0.1, -0.05) is 17.4 Å². The molecule has 0 saturated carbocycles. The van der Waals surface area contributed by atoms with E-state index in [1.165, 1.54) is 0 Å². The summed E-state index contributed by atoms with van der Waals surface area (Å²) in [5.41, 5.74) is 2.44. The molecule has 1 aliphatic heterocycles. The first-order valence-electron chi connectivity index (χ1n) is 7.06. The van der Waals surface area contributed by atoms with Crippen molar-refractivity contribution in [1.82, 2.24) is 9.97 Å². The quantitative estimate of drug-likeness (QED) is 0.926. The van der Waals surface area contributed by atoms with Crippen molar-refractivity contribution >= 4 is 26.5 Å². The van der Waals surface area contributed by atoms with Crippen LogP contribution in [0.25, 0.3) is 0 Å². The molecule has 1 saturated heterocycles. The third-order valence-electron chi connectivity index (χ3n) is 3.75. The van der Waals surface area contributed by atoms with Gasteiger partial charge in [-0.25, -0.2) is 18.5 Å². The highest BCUT2D eigenvalue weighted by Gasteiger charge is 2.31. The fraction of sp³-hybridized carbons (Fsp3) is 0.429. The molecule has 22 heavy (non-hydrogen) atoms. The second kappa shape index (κ2) is 5.60. The summed E-state index contributed by atoms with van der Waals surface area (Å²) in [5.74, 6) is 0. The number of anilines is 1. The summed E-state index contributed by atoms with van der Waals surface area (Å²) < 4.78 is 23.3. The molecule has 118 valence electrons. The number of sulfonamides is 1. The average molecular weight is 338 g/mol. The number of aromatic nitrogens is 2. The predicted molar refractivity (Wildman–Crippen MR) is 86.5 cm³/mol. The molecule has 1 aliphatic rings. The van der Waals surface area contributed by atoms with Crippen LogP contribution in [0.3, 0.4) is 0 Å². The van der Waals surface area contributed by atoms with E-state index in [0.29, 0.717) is 10.8 Å². The Labute approximate surface area is 134 Å². The topological polar surface area (TPSA) is 89.2 Å². The number of nitrogens with two attached hydrogens (primary N) is 1. The van der Waals surface area contributed by atoms with Crippen LogP contribution in [0.2, 0.25) is 0 Å². The highest BCUT2D eigenvalue weighted by Crippen LogP contribution is 2.39. The zero-order valence-corrected chi connectivity index (χ0v) is 14.1. The summed E-state index contributed by atoms with van der Waals surface area (Å²) in [5, 5.41) is 5.95. The fourth-order valence-electron chi connectivity index (χ4n) is 2.81. The monoisotopic (exact) mass is 338 g/mol. The first-order valence-corrected chi connectivity index (χ1v) is 9.43. The maximum absolute atomic E-state index is 11.6. The lowest BCUT2D eigenvalue weighted by Crippen LogP contribution is -2.23. The molecule has 2 aromatic rings. The SMILES string of the molecule is Cc1cccc([C@@H]2CCCN2c2nc(C)c(S(N)(=O)=O)s2)n1. The Morgan fingerprint density at radius 2 is 2.09 bits per heavy atom. The largest absolute Gasteiger partial charge is 0.339 e. The molecule has 0 bridgehead atoms. The molecule has 8 heteroatoms. The molecule has 0 unspecified atom stereocenters. The number of thiazole rings is 1. The second-order valence-electron chi connectivity index (χ2n) is 5.47. The lowest BCUT2D eigenvalue weighted by molar-refractivity contribution is 0.599. The molecule has 0 aromatic carbocycles. The molecule has 3 heterocycles. The number of nitrogens with zero attached hydrogens (tertiary/aromatic N) is 3. The van der Waals surface area contributed by atoms with Crippen LogP contribution >= 0.6 is 11.3 Å². The predicted octanol–water partition coefficient (Wildman–Crippen LogP) is 2.14. The standard InChI is InChI=1S/C14H18N4O2S2/c1-9-5-3-6-11(16-9)12-7-4-8-18(12)14-17-10(2)13(21-14)22(15,19)20/h3,5-6,12H,4,7-8H2,1-2H3,(H2,15,19,20)/t12-/m0/s1. The van der Waals surface area contributed by atoms with Gasteiger partial charge in [0.05, 0.1) is 17.4 Å². The summed E-state index contributed by atoms with van der Waals surface area (Å²) in [6, 6.07) is 6.11. The Morgan fingerprint density at radius 1 is 1.32 bits per heavy atom. The van der Waals surface area contributed by atoms with Crippen LogP contribution in [-0.4, -0.2) is 24.9 Å². The molecule has 2 N–H and O–H groups in total. The van der Waals surface area contributed by atoms with E-state index in [1.54, 1.807) is 6.92 Å². The van der Waals surface area contributed by atoms with Crippen molar-refractivity contribution in [2.45, 2.75) is 36.9 Å². The summed E-state index contributed by atoms with van der Waals surface area (Å²) in [7, 11) is -3.72. The maximum Gasteiger partial charge on any atom is 0.249 e. The fourth-order valence-corrected chi connectivity index (χ4v) is 4.83. The molecule has 0 radical (unpaired) electrons. The van der Waals surface area contributed by atoms with Gasteiger partial charge in [0.1, 0.15) is 0 Å². The summed E-state index contributed by atoms with van der Waals surface area (Å²) in [6.07, 6.45) is 2.02. The van der Waals surface area contributed by atoms with Gasteiger partial charge in [-0.3, -0.25) is 4.98 Å². The first kappa shape index (κ1) is 15.4. The van der Waals surface area contributed by atoms with Gasteiger partial charge >= 0.3 is 0 Å². The Balaban J connectivity index is 1.97. The van der Waals surface area contributed by atoms with E-state index in [4.69, 9.17) is 5.14 Å². The molecule has 3 rings (SSSR count). The normalized spacial score (nSPS) is 18.9. The van der Waals surface area contributed by atoms with Gasteiger partial charge in [-0.15, -0.1) is 0 Å². The third kappa shape index (κ3) is 2.86. The van der Waals surface area contributed by atoms with Gasteiger partial charge in [-0.2, -0.15) is 0 Å². The van der Waals surface area contributed by atoms with Crippen molar-refractivity contribution in [3.63, 3.8) is 0 Å². The van der Waals surface area contributed by atoms with Crippen molar-refractivity contribution < 1.29 is 8.42 Å². The third-order valence-corrected chi connectivity index (χ3v) is 6.50. The molecular formula is C14H18N4O2S2. The van der Waals surface area contributed by atoms with E-state index in [-0.39, 0.29) is 10.3 Å². The van der Waals surface area contributed by atoms with Crippen LogP contribution in [0.1, 0.15) is 36.0 Å². The second-order valence-corrected chi connectivity index (χ2v) is 8.20. The zero-order chi connectivity index (χ0) is 15.9. The summed E-state index contributed by atoms with van der Waals surface area (Å²) in [4.78, 5) is 11.1. The first-order chi connectivity index (χ1) is 10.4. The lowest BCUT2D eigenvalue weighted by atomic mass is 10.1. The van der Waals surface area contributed by atoms with E-state index < -0.39 is 10.0 Å². The smallest absolute Gasteiger partial charge is 0.249 e. The average Bonchev–Trinajstić information content (AvgIpc) is 3.03. The Bertz CT molecular complexity index is 801. The molecule has 0 amide bonds. The minimum absolute atomic E-state index is 0.138. The molecule has 2 aromatic heterocycles. The van der Waals surface area contributed by atoms with Gasteiger partial charge < -0.3 is 4.90 Å². The molecule has 0 aliphatic carbocycles. The van der Waals surface area contributed by atoms with E-state index in [1.807, 2.05) is 25.1 Å². The number of primary sulfonamides is 1. The number of hydrogen-bond donors (Lipinski definition) is 1. The van der Waals surface area contributed by atoms with E-state index in [0.717, 1.165) is 42.1 Å². The van der Waals surface area contributed by atoms with Gasteiger partial charge in [0.2, 0.25) is 10.0 Å². The van der Waals surface area contributed by atoms with Crippen LogP contribution in [-0.2, 0) is 10.0 Å². The number of rotatable bonds is 3. The molecule has 0 spiro atoms. The molecule has 6 nitrogen and oxygen atoms in total. The summed E-state index contributed by atoms with van der Waals surface area (Å²) in [6.45, 7) is 4.49. The summed E-state index contributed by atoms with van der Waals surface area (Å²) >= 11 is 1.14. The van der Waals surface area contributed by atoms with Crippen molar-refractivity contribution in [3.8, 4) is 0 Å². The minimum atomic E-state index is -3.72. The number of aryl methyl sites for hydroxylation is 2. The number of pyridine rings is 1.